The SMILES string of the molecule is COc1cc(F)cc([C@@H](C)NC(=O)[C@@H](CO)N2Cc3ccc(-c4nc(Cl)ncc4Cl)cc3S2(=O)=O)c1. The number of carbonyl (C=O) groups excluding carboxylic acids is 1. The van der Waals surface area contributed by atoms with E-state index < -0.39 is 40.4 Å². The summed E-state index contributed by atoms with van der Waals surface area (Å²) in [5.74, 6) is -1.03. The minimum atomic E-state index is -4.16. The Labute approximate surface area is 216 Å². The summed E-state index contributed by atoms with van der Waals surface area (Å²) in [6.07, 6.45) is 1.31. The Morgan fingerprint density at radius 3 is 2.72 bits per heavy atom. The first-order valence-corrected chi connectivity index (χ1v) is 12.8. The number of nitrogens with zero attached hydrogens (tertiary/aromatic N) is 3. The minimum Gasteiger partial charge on any atom is -0.497 e. The van der Waals surface area contributed by atoms with Crippen LogP contribution in [0.5, 0.6) is 5.75 Å². The Balaban J connectivity index is 1.60. The molecule has 0 spiro atoms. The van der Waals surface area contributed by atoms with Gasteiger partial charge in [-0.25, -0.2) is 22.8 Å². The van der Waals surface area contributed by atoms with Crippen molar-refractivity contribution >= 4 is 39.1 Å². The number of aliphatic hydroxyl groups is 1. The van der Waals surface area contributed by atoms with Gasteiger partial charge in [-0.2, -0.15) is 4.31 Å². The van der Waals surface area contributed by atoms with Gasteiger partial charge in [0.15, 0.2) is 0 Å². The van der Waals surface area contributed by atoms with Gasteiger partial charge in [-0.3, -0.25) is 4.79 Å². The van der Waals surface area contributed by atoms with Crippen LogP contribution in [0.2, 0.25) is 10.3 Å². The van der Waals surface area contributed by atoms with Crippen LogP contribution >= 0.6 is 23.2 Å². The number of benzene rings is 2. The monoisotopic (exact) mass is 554 g/mol. The minimum absolute atomic E-state index is 0.0417. The van der Waals surface area contributed by atoms with E-state index in [1.165, 1.54) is 31.5 Å². The van der Waals surface area contributed by atoms with Gasteiger partial charge in [-0.15, -0.1) is 0 Å². The van der Waals surface area contributed by atoms with E-state index in [9.17, 15) is 22.7 Å². The molecular formula is C23H21Cl2FN4O5S. The predicted octanol–water partition coefficient (Wildman–Crippen LogP) is 3.34. The standard InChI is InChI=1S/C23H21Cl2FN4O5S/c1-12(15-5-16(26)8-17(6-15)35-2)28-22(32)19(11-31)30-10-14-4-3-13(7-20(14)36(30,33)34)21-18(24)9-27-23(25)29-21/h3-9,12,19,31H,10-11H2,1-2H3,(H,28,32)/t12-,19-/m1/s1. The van der Waals surface area contributed by atoms with Crippen LogP contribution in [0.25, 0.3) is 11.3 Å². The van der Waals surface area contributed by atoms with Crippen molar-refractivity contribution in [2.45, 2.75) is 30.4 Å². The van der Waals surface area contributed by atoms with Crippen molar-refractivity contribution in [2.75, 3.05) is 13.7 Å². The van der Waals surface area contributed by atoms with Crippen LogP contribution in [0.15, 0.2) is 47.5 Å². The highest BCUT2D eigenvalue weighted by molar-refractivity contribution is 7.89. The molecule has 1 aromatic heterocycles. The van der Waals surface area contributed by atoms with Crippen molar-refractivity contribution in [1.82, 2.24) is 19.6 Å². The van der Waals surface area contributed by atoms with E-state index >= 15 is 0 Å². The van der Waals surface area contributed by atoms with E-state index in [0.717, 1.165) is 4.31 Å². The molecule has 2 heterocycles. The van der Waals surface area contributed by atoms with Crippen LogP contribution in [0.1, 0.15) is 24.1 Å². The smallest absolute Gasteiger partial charge is 0.244 e. The summed E-state index contributed by atoms with van der Waals surface area (Å²) in [7, 11) is -2.77. The molecule has 1 aliphatic heterocycles. The number of sulfonamides is 1. The quantitative estimate of drug-likeness (QED) is 0.429. The first kappa shape index (κ1) is 26.2. The number of fused-ring (bicyclic) bond motifs is 1. The zero-order valence-electron chi connectivity index (χ0n) is 19.1. The van der Waals surface area contributed by atoms with Gasteiger partial charge in [0, 0.05) is 18.2 Å². The van der Waals surface area contributed by atoms with Gasteiger partial charge in [0.05, 0.1) is 41.6 Å². The molecule has 0 saturated carbocycles. The Morgan fingerprint density at radius 1 is 1.28 bits per heavy atom. The van der Waals surface area contributed by atoms with E-state index in [1.807, 2.05) is 0 Å². The van der Waals surface area contributed by atoms with Gasteiger partial charge in [-0.1, -0.05) is 23.7 Å². The highest BCUT2D eigenvalue weighted by Crippen LogP contribution is 2.36. The third kappa shape index (κ3) is 5.02. The van der Waals surface area contributed by atoms with Crippen LogP contribution in [-0.4, -0.2) is 53.5 Å². The largest absolute Gasteiger partial charge is 0.497 e. The van der Waals surface area contributed by atoms with Crippen molar-refractivity contribution in [2.24, 2.45) is 0 Å². The molecule has 1 aliphatic rings. The number of aromatic nitrogens is 2. The molecule has 2 N–H and O–H groups in total. The van der Waals surface area contributed by atoms with Crippen LogP contribution in [0.4, 0.5) is 4.39 Å². The maximum absolute atomic E-state index is 13.9. The Morgan fingerprint density at radius 2 is 2.03 bits per heavy atom. The van der Waals surface area contributed by atoms with Gasteiger partial charge >= 0.3 is 0 Å². The number of rotatable bonds is 7. The fourth-order valence-electron chi connectivity index (χ4n) is 3.93. The van der Waals surface area contributed by atoms with E-state index in [2.05, 4.69) is 15.3 Å². The Kier molecular flexibility index (Phi) is 7.48. The number of hydrogen-bond donors (Lipinski definition) is 2. The molecule has 0 radical (unpaired) electrons. The van der Waals surface area contributed by atoms with Gasteiger partial charge in [0.1, 0.15) is 17.6 Å². The number of nitrogens with one attached hydrogen (secondary N) is 1. The maximum Gasteiger partial charge on any atom is 0.244 e. The third-order valence-corrected chi connectivity index (χ3v) is 8.18. The second kappa shape index (κ2) is 10.3. The second-order valence-electron chi connectivity index (χ2n) is 8.06. The van der Waals surface area contributed by atoms with Crippen molar-refractivity contribution in [3.63, 3.8) is 0 Å². The number of methoxy groups -OCH3 is 1. The molecule has 2 aromatic carbocycles. The van der Waals surface area contributed by atoms with Crippen LogP contribution in [-0.2, 0) is 21.4 Å². The van der Waals surface area contributed by atoms with Crippen molar-refractivity contribution < 1.29 is 27.4 Å². The molecule has 36 heavy (non-hydrogen) atoms. The maximum atomic E-state index is 13.9. The first-order chi connectivity index (χ1) is 17.0. The Bertz CT molecular complexity index is 1440. The molecule has 1 amide bonds. The summed E-state index contributed by atoms with van der Waals surface area (Å²) in [4.78, 5) is 20.9. The van der Waals surface area contributed by atoms with E-state index in [-0.39, 0.29) is 33.2 Å². The summed E-state index contributed by atoms with van der Waals surface area (Å²) in [5.41, 5.74) is 1.50. The van der Waals surface area contributed by atoms with Gasteiger partial charge < -0.3 is 15.2 Å². The van der Waals surface area contributed by atoms with Crippen LogP contribution in [0.3, 0.4) is 0 Å². The number of amides is 1. The summed E-state index contributed by atoms with van der Waals surface area (Å²) in [6.45, 7) is 0.714. The average Bonchev–Trinajstić information content (AvgIpc) is 3.10. The molecule has 3 aromatic rings. The molecule has 13 heteroatoms. The third-order valence-electron chi connectivity index (χ3n) is 5.78. The molecule has 0 bridgehead atoms. The van der Waals surface area contributed by atoms with Crippen LogP contribution in [0, 0.1) is 5.82 Å². The number of halogens is 3. The molecular weight excluding hydrogens is 534 g/mol. The predicted molar refractivity (Wildman–Crippen MR) is 131 cm³/mol. The molecule has 0 aliphatic carbocycles. The van der Waals surface area contributed by atoms with Gasteiger partial charge in [0.2, 0.25) is 21.2 Å². The summed E-state index contributed by atoms with van der Waals surface area (Å²) in [6, 6.07) is 6.48. The lowest BCUT2D eigenvalue weighted by atomic mass is 10.1. The highest BCUT2D eigenvalue weighted by Gasteiger charge is 2.42. The molecule has 0 saturated heterocycles. The highest BCUT2D eigenvalue weighted by atomic mass is 35.5. The average molecular weight is 555 g/mol. The number of aliphatic hydroxyl groups excluding tert-OH is 1. The number of ether oxygens (including phenoxy) is 1. The molecule has 0 fully saturated rings. The fourth-order valence-corrected chi connectivity index (χ4v) is 6.06. The molecule has 2 atom stereocenters. The van der Waals surface area contributed by atoms with E-state index in [4.69, 9.17) is 27.9 Å². The van der Waals surface area contributed by atoms with Crippen molar-refractivity contribution in [3.8, 4) is 17.0 Å². The zero-order chi connectivity index (χ0) is 26.2. The number of hydrogen-bond acceptors (Lipinski definition) is 7. The van der Waals surface area contributed by atoms with Crippen LogP contribution < -0.4 is 10.1 Å². The summed E-state index contributed by atoms with van der Waals surface area (Å²) >= 11 is 12.0. The fraction of sp³-hybridized carbons (Fsp3) is 0.261. The van der Waals surface area contributed by atoms with E-state index in [1.54, 1.807) is 25.1 Å². The normalized spacial score (nSPS) is 16.3. The first-order valence-electron chi connectivity index (χ1n) is 10.6. The molecule has 0 unspecified atom stereocenters. The number of carbonyl (C=O) groups is 1. The lowest BCUT2D eigenvalue weighted by Gasteiger charge is -2.25. The zero-order valence-corrected chi connectivity index (χ0v) is 21.4. The van der Waals surface area contributed by atoms with Crippen molar-refractivity contribution in [1.29, 1.82) is 0 Å². The van der Waals surface area contributed by atoms with Gasteiger partial charge in [0.25, 0.3) is 0 Å². The van der Waals surface area contributed by atoms with Crippen molar-refractivity contribution in [3.05, 3.63) is 69.8 Å². The Hall–Kier alpha value is -2.83. The summed E-state index contributed by atoms with van der Waals surface area (Å²) < 4.78 is 46.6. The topological polar surface area (TPSA) is 122 Å². The molecule has 190 valence electrons. The van der Waals surface area contributed by atoms with E-state index in [0.29, 0.717) is 16.7 Å². The molecule has 4 rings (SSSR count). The molecule has 9 nitrogen and oxygen atoms in total. The van der Waals surface area contributed by atoms with Gasteiger partial charge in [-0.05, 0) is 47.9 Å². The lowest BCUT2D eigenvalue weighted by molar-refractivity contribution is -0.126. The second-order valence-corrected chi connectivity index (χ2v) is 10.7. The lowest BCUT2D eigenvalue weighted by Crippen LogP contribution is -2.49. The summed E-state index contributed by atoms with van der Waals surface area (Å²) in [5, 5.41) is 12.8.